The van der Waals surface area contributed by atoms with Gasteiger partial charge in [0.1, 0.15) is 11.3 Å². The third-order valence-electron chi connectivity index (χ3n) is 4.85. The number of ether oxygens (including phenoxy) is 2. The molecule has 12 heteroatoms. The highest BCUT2D eigenvalue weighted by molar-refractivity contribution is 7.14. The zero-order valence-corrected chi connectivity index (χ0v) is 21.7. The largest absolute Gasteiger partial charge is 0.467 e. The van der Waals surface area contributed by atoms with Crippen LogP contribution in [0.2, 0.25) is 0 Å². The van der Waals surface area contributed by atoms with Crippen LogP contribution in [0.3, 0.4) is 0 Å². The van der Waals surface area contributed by atoms with Crippen molar-refractivity contribution in [1.82, 2.24) is 15.6 Å². The fourth-order valence-corrected chi connectivity index (χ4v) is 3.70. The van der Waals surface area contributed by atoms with E-state index >= 15 is 0 Å². The van der Waals surface area contributed by atoms with Gasteiger partial charge in [0, 0.05) is 18.5 Å². The van der Waals surface area contributed by atoms with E-state index in [0.717, 1.165) is 24.0 Å². The molecule has 0 aliphatic rings. The number of methoxy groups -OCH3 is 1. The Hall–Kier alpha value is -3.51. The van der Waals surface area contributed by atoms with Crippen molar-refractivity contribution >= 4 is 40.3 Å². The number of hydrogen-bond donors (Lipinski definition) is 4. The van der Waals surface area contributed by atoms with Crippen molar-refractivity contribution in [3.63, 3.8) is 0 Å². The van der Waals surface area contributed by atoms with Crippen LogP contribution in [0.4, 0.5) is 9.93 Å². The summed E-state index contributed by atoms with van der Waals surface area (Å²) in [7, 11) is 1.15. The minimum absolute atomic E-state index is 0.00663. The number of nitrogens with one attached hydrogen (secondary N) is 3. The van der Waals surface area contributed by atoms with Crippen LogP contribution in [-0.4, -0.2) is 53.7 Å². The lowest BCUT2D eigenvalue weighted by atomic mass is 9.93. The highest BCUT2D eigenvalue weighted by Gasteiger charge is 2.45. The molecule has 0 spiro atoms. The van der Waals surface area contributed by atoms with Crippen LogP contribution in [0.1, 0.15) is 56.1 Å². The van der Waals surface area contributed by atoms with Crippen molar-refractivity contribution in [3.05, 3.63) is 47.0 Å². The minimum atomic E-state index is -1.93. The van der Waals surface area contributed by atoms with Gasteiger partial charge >= 0.3 is 18.0 Å². The first-order valence-electron chi connectivity index (χ1n) is 11.4. The summed E-state index contributed by atoms with van der Waals surface area (Å²) < 4.78 is 9.97. The Morgan fingerprint density at radius 2 is 1.72 bits per heavy atom. The van der Waals surface area contributed by atoms with Gasteiger partial charge in [-0.15, -0.1) is 11.3 Å². The summed E-state index contributed by atoms with van der Waals surface area (Å²) >= 11 is 1.13. The van der Waals surface area contributed by atoms with Gasteiger partial charge in [-0.2, -0.15) is 0 Å². The van der Waals surface area contributed by atoms with Crippen molar-refractivity contribution < 1.29 is 28.7 Å². The predicted molar refractivity (Wildman–Crippen MR) is 135 cm³/mol. The number of nitrogens with two attached hydrogens (primary N) is 1. The number of carbonyl (C=O) groups is 4. The molecule has 0 fully saturated rings. The van der Waals surface area contributed by atoms with E-state index in [1.807, 2.05) is 30.3 Å². The number of nitrogens with zero attached hydrogens (tertiary/aromatic N) is 1. The Kier molecular flexibility index (Phi) is 10.4. The SMILES string of the molecule is COC(=O)[C@@](N)(CCCCNC(=O)c1csc(NC(=O)NCc2ccccc2)n1)C(=O)OC(C)(C)C. The van der Waals surface area contributed by atoms with E-state index in [1.165, 1.54) is 5.38 Å². The van der Waals surface area contributed by atoms with Crippen LogP contribution < -0.4 is 21.7 Å². The van der Waals surface area contributed by atoms with Crippen LogP contribution in [0.15, 0.2) is 35.7 Å². The molecule has 2 rings (SSSR count). The first-order chi connectivity index (χ1) is 16.9. The summed E-state index contributed by atoms with van der Waals surface area (Å²) in [5.41, 5.74) is 4.43. The molecule has 0 saturated carbocycles. The molecule has 0 radical (unpaired) electrons. The maximum Gasteiger partial charge on any atom is 0.338 e. The number of thiazole rings is 1. The first kappa shape index (κ1) is 28.7. The molecule has 196 valence electrons. The van der Waals surface area contributed by atoms with E-state index < -0.39 is 35.0 Å². The fourth-order valence-electron chi connectivity index (χ4n) is 3.02. The maximum absolute atomic E-state index is 12.5. The molecule has 11 nitrogen and oxygen atoms in total. The Balaban J connectivity index is 1.77. The summed E-state index contributed by atoms with van der Waals surface area (Å²) in [4.78, 5) is 53.2. The lowest BCUT2D eigenvalue weighted by Gasteiger charge is -2.29. The number of esters is 2. The molecule has 3 amide bonds. The molecule has 5 N–H and O–H groups in total. The van der Waals surface area contributed by atoms with Gasteiger partial charge in [0.2, 0.25) is 5.54 Å². The van der Waals surface area contributed by atoms with Crippen molar-refractivity contribution in [1.29, 1.82) is 0 Å². The molecular formula is C24H33N5O6S. The van der Waals surface area contributed by atoms with Gasteiger partial charge < -0.3 is 25.8 Å². The number of carbonyl (C=O) groups excluding carboxylic acids is 4. The number of amides is 3. The van der Waals surface area contributed by atoms with Crippen LogP contribution in [-0.2, 0) is 25.6 Å². The minimum Gasteiger partial charge on any atom is -0.467 e. The molecule has 0 aliphatic carbocycles. The monoisotopic (exact) mass is 519 g/mol. The van der Waals surface area contributed by atoms with Crippen molar-refractivity contribution in [2.45, 2.75) is 57.7 Å². The highest BCUT2D eigenvalue weighted by Crippen LogP contribution is 2.20. The molecule has 2 aromatic rings. The summed E-state index contributed by atoms with van der Waals surface area (Å²) in [5.74, 6) is -2.15. The van der Waals surface area contributed by atoms with Crippen molar-refractivity contribution in [3.8, 4) is 0 Å². The first-order valence-corrected chi connectivity index (χ1v) is 12.3. The standard InChI is InChI=1S/C24H33N5O6S/c1-23(2,3)35-20(32)24(25,19(31)34-4)12-8-9-13-26-18(30)17-15-36-22(28-17)29-21(33)27-14-16-10-6-5-7-11-16/h5-7,10-11,15H,8-9,12-14,25H2,1-4H3,(H,26,30)(H2,27,28,29,33)/t24-/m0/s1. The van der Waals surface area contributed by atoms with Gasteiger partial charge in [-0.05, 0) is 45.6 Å². The van der Waals surface area contributed by atoms with Gasteiger partial charge in [0.15, 0.2) is 5.13 Å². The van der Waals surface area contributed by atoms with E-state index in [9.17, 15) is 19.2 Å². The fraction of sp³-hybridized carbons (Fsp3) is 0.458. The molecule has 1 aromatic heterocycles. The van der Waals surface area contributed by atoms with Gasteiger partial charge in [0.05, 0.1) is 7.11 Å². The van der Waals surface area contributed by atoms with Crippen LogP contribution in [0.25, 0.3) is 0 Å². The third kappa shape index (κ3) is 8.93. The molecule has 0 unspecified atom stereocenters. The van der Waals surface area contributed by atoms with Gasteiger partial charge in [0.25, 0.3) is 5.91 Å². The number of aromatic nitrogens is 1. The van der Waals surface area contributed by atoms with Crippen molar-refractivity contribution in [2.75, 3.05) is 19.0 Å². The summed E-state index contributed by atoms with van der Waals surface area (Å²) in [6.45, 7) is 5.65. The smallest absolute Gasteiger partial charge is 0.338 e. The number of hydrogen-bond acceptors (Lipinski definition) is 9. The lowest BCUT2D eigenvalue weighted by Crippen LogP contribution is -2.57. The normalized spacial score (nSPS) is 12.7. The molecule has 0 saturated heterocycles. The number of rotatable bonds is 11. The Labute approximate surface area is 214 Å². The van der Waals surface area contributed by atoms with Crippen LogP contribution in [0.5, 0.6) is 0 Å². The lowest BCUT2D eigenvalue weighted by molar-refractivity contribution is -0.170. The van der Waals surface area contributed by atoms with Gasteiger partial charge in [-0.25, -0.2) is 19.4 Å². The Morgan fingerprint density at radius 3 is 2.36 bits per heavy atom. The Bertz CT molecular complexity index is 1050. The second-order valence-corrected chi connectivity index (χ2v) is 9.87. The molecule has 1 heterocycles. The molecule has 0 aliphatic heterocycles. The second kappa shape index (κ2) is 13.0. The summed E-state index contributed by atoms with van der Waals surface area (Å²) in [6.07, 6.45) is 0.797. The van der Waals surface area contributed by atoms with E-state index in [0.29, 0.717) is 19.4 Å². The second-order valence-electron chi connectivity index (χ2n) is 9.01. The van der Waals surface area contributed by atoms with Gasteiger partial charge in [-0.3, -0.25) is 10.1 Å². The average molecular weight is 520 g/mol. The molecule has 36 heavy (non-hydrogen) atoms. The van der Waals surface area contributed by atoms with Crippen LogP contribution >= 0.6 is 11.3 Å². The molecule has 1 atom stereocenters. The molecular weight excluding hydrogens is 486 g/mol. The quantitative estimate of drug-likeness (QED) is 0.200. The third-order valence-corrected chi connectivity index (χ3v) is 5.61. The number of unbranched alkanes of at least 4 members (excludes halogenated alkanes) is 1. The van der Waals surface area contributed by atoms with E-state index in [2.05, 4.69) is 20.9 Å². The predicted octanol–water partition coefficient (Wildman–Crippen LogP) is 2.58. The van der Waals surface area contributed by atoms with E-state index in [4.69, 9.17) is 15.2 Å². The van der Waals surface area contributed by atoms with Gasteiger partial charge in [-0.1, -0.05) is 30.3 Å². The van der Waals surface area contributed by atoms with E-state index in [1.54, 1.807) is 20.8 Å². The number of benzene rings is 1. The number of anilines is 1. The average Bonchev–Trinajstić information content (AvgIpc) is 3.29. The summed E-state index contributed by atoms with van der Waals surface area (Å²) in [5, 5.41) is 9.85. The zero-order chi connectivity index (χ0) is 26.8. The number of urea groups is 1. The highest BCUT2D eigenvalue weighted by atomic mass is 32.1. The molecule has 0 bridgehead atoms. The Morgan fingerprint density at radius 1 is 1.03 bits per heavy atom. The van der Waals surface area contributed by atoms with Crippen LogP contribution in [0, 0.1) is 0 Å². The van der Waals surface area contributed by atoms with E-state index in [-0.39, 0.29) is 23.8 Å². The molecule has 1 aromatic carbocycles. The van der Waals surface area contributed by atoms with Crippen molar-refractivity contribution in [2.24, 2.45) is 5.73 Å². The topological polar surface area (TPSA) is 162 Å². The summed E-state index contributed by atoms with van der Waals surface area (Å²) in [6, 6.07) is 9.02. The zero-order valence-electron chi connectivity index (χ0n) is 20.9. The maximum atomic E-state index is 12.5.